The molecular formula is C12H11NO3. The molecule has 1 aromatic rings. The Balaban J connectivity index is 2.60. The van der Waals surface area contributed by atoms with Gasteiger partial charge < -0.3 is 0 Å². The van der Waals surface area contributed by atoms with E-state index in [0.29, 0.717) is 11.3 Å². The molecule has 4 heteroatoms. The number of hydrogen-bond donors (Lipinski definition) is 0. The Kier molecular flexibility index (Phi) is 2.34. The number of ketones is 2. The van der Waals surface area contributed by atoms with Crippen LogP contribution in [0.5, 0.6) is 0 Å². The van der Waals surface area contributed by atoms with Gasteiger partial charge in [0.2, 0.25) is 5.91 Å². The van der Waals surface area contributed by atoms with Crippen molar-refractivity contribution in [1.82, 2.24) is 0 Å². The lowest BCUT2D eigenvalue weighted by molar-refractivity contribution is -0.122. The summed E-state index contributed by atoms with van der Waals surface area (Å²) in [7, 11) is 0. The highest BCUT2D eigenvalue weighted by atomic mass is 16.2. The van der Waals surface area contributed by atoms with Gasteiger partial charge in [-0.25, -0.2) is 0 Å². The highest BCUT2D eigenvalue weighted by molar-refractivity contribution is 6.26. The molecule has 0 saturated carbocycles. The summed E-state index contributed by atoms with van der Waals surface area (Å²) >= 11 is 0. The van der Waals surface area contributed by atoms with E-state index in [4.69, 9.17) is 0 Å². The molecule has 1 amide bonds. The standard InChI is InChI=1S/C12H11NO3/c1-7(14)11-12(16)9-5-3-4-6-10(9)13(11)8(2)15/h3-6,11H,1-2H3/t11-/m1/s1. The van der Waals surface area contributed by atoms with Crippen LogP contribution in [0.4, 0.5) is 5.69 Å². The fourth-order valence-corrected chi connectivity index (χ4v) is 2.01. The van der Waals surface area contributed by atoms with Crippen LogP contribution in [0.3, 0.4) is 0 Å². The van der Waals surface area contributed by atoms with Gasteiger partial charge in [0, 0.05) is 12.5 Å². The van der Waals surface area contributed by atoms with Crippen molar-refractivity contribution in [3.63, 3.8) is 0 Å². The summed E-state index contributed by atoms with van der Waals surface area (Å²) in [6, 6.07) is 5.80. The van der Waals surface area contributed by atoms with Crippen LogP contribution < -0.4 is 4.90 Å². The summed E-state index contributed by atoms with van der Waals surface area (Å²) in [4.78, 5) is 36.1. The molecule has 0 N–H and O–H groups in total. The SMILES string of the molecule is CC(=O)[C@@H]1C(=O)c2ccccc2N1C(C)=O. The Morgan fingerprint density at radius 3 is 2.38 bits per heavy atom. The lowest BCUT2D eigenvalue weighted by atomic mass is 10.1. The number of benzene rings is 1. The van der Waals surface area contributed by atoms with E-state index in [1.807, 2.05) is 0 Å². The largest absolute Gasteiger partial charge is 0.297 e. The molecular weight excluding hydrogens is 206 g/mol. The number of hydrogen-bond acceptors (Lipinski definition) is 3. The fourth-order valence-electron chi connectivity index (χ4n) is 2.01. The maximum atomic E-state index is 11.9. The molecule has 0 unspecified atom stereocenters. The van der Waals surface area contributed by atoms with Gasteiger partial charge in [0.1, 0.15) is 0 Å². The lowest BCUT2D eigenvalue weighted by Gasteiger charge is -2.20. The molecule has 4 nitrogen and oxygen atoms in total. The molecule has 1 atom stereocenters. The van der Waals surface area contributed by atoms with Crippen molar-refractivity contribution in [2.75, 3.05) is 4.90 Å². The first kappa shape index (κ1) is 10.5. The second kappa shape index (κ2) is 3.56. The maximum Gasteiger partial charge on any atom is 0.224 e. The first-order valence-electron chi connectivity index (χ1n) is 4.97. The highest BCUT2D eigenvalue weighted by Crippen LogP contribution is 2.32. The number of Topliss-reactive ketones (excluding diaryl/α,β-unsaturated/α-hetero) is 2. The Morgan fingerprint density at radius 2 is 1.81 bits per heavy atom. The summed E-state index contributed by atoms with van der Waals surface area (Å²) in [5.41, 5.74) is 0.970. The minimum Gasteiger partial charge on any atom is -0.297 e. The Hall–Kier alpha value is -1.97. The second-order valence-corrected chi connectivity index (χ2v) is 3.78. The van der Waals surface area contributed by atoms with Crippen molar-refractivity contribution in [3.05, 3.63) is 29.8 Å². The predicted octanol–water partition coefficient (Wildman–Crippen LogP) is 1.19. The third-order valence-corrected chi connectivity index (χ3v) is 2.66. The van der Waals surface area contributed by atoms with E-state index in [2.05, 4.69) is 0 Å². The summed E-state index contributed by atoms with van der Waals surface area (Å²) in [6.45, 7) is 2.68. The topological polar surface area (TPSA) is 54.5 Å². The maximum absolute atomic E-state index is 11.9. The van der Waals surface area contributed by atoms with Gasteiger partial charge in [0.05, 0.1) is 5.69 Å². The fraction of sp³-hybridized carbons (Fsp3) is 0.250. The number of rotatable bonds is 1. The Morgan fingerprint density at radius 1 is 1.19 bits per heavy atom. The molecule has 0 fully saturated rings. The number of fused-ring (bicyclic) bond motifs is 1. The van der Waals surface area contributed by atoms with Crippen molar-refractivity contribution < 1.29 is 14.4 Å². The predicted molar refractivity (Wildman–Crippen MR) is 58.4 cm³/mol. The summed E-state index contributed by atoms with van der Waals surface area (Å²) < 4.78 is 0. The van der Waals surface area contributed by atoms with Crippen LogP contribution in [0.15, 0.2) is 24.3 Å². The van der Waals surface area contributed by atoms with E-state index in [1.54, 1.807) is 24.3 Å². The molecule has 82 valence electrons. The molecule has 1 heterocycles. The number of carbonyl (C=O) groups is 3. The van der Waals surface area contributed by atoms with Gasteiger partial charge in [-0.2, -0.15) is 0 Å². The van der Waals surface area contributed by atoms with E-state index < -0.39 is 6.04 Å². The molecule has 0 saturated heterocycles. The first-order chi connectivity index (χ1) is 7.54. The van der Waals surface area contributed by atoms with Gasteiger partial charge in [0.25, 0.3) is 0 Å². The zero-order valence-electron chi connectivity index (χ0n) is 9.06. The molecule has 0 radical (unpaired) electrons. The molecule has 0 aliphatic carbocycles. The minimum absolute atomic E-state index is 0.293. The van der Waals surface area contributed by atoms with Crippen LogP contribution >= 0.6 is 0 Å². The van der Waals surface area contributed by atoms with Crippen molar-refractivity contribution in [1.29, 1.82) is 0 Å². The molecule has 0 spiro atoms. The van der Waals surface area contributed by atoms with Crippen LogP contribution in [0.25, 0.3) is 0 Å². The smallest absolute Gasteiger partial charge is 0.224 e. The highest BCUT2D eigenvalue weighted by Gasteiger charge is 2.41. The van der Waals surface area contributed by atoms with Crippen molar-refractivity contribution in [3.8, 4) is 0 Å². The third kappa shape index (κ3) is 1.34. The van der Waals surface area contributed by atoms with Gasteiger partial charge >= 0.3 is 0 Å². The normalized spacial score (nSPS) is 18.5. The van der Waals surface area contributed by atoms with Crippen molar-refractivity contribution in [2.24, 2.45) is 0 Å². The number of para-hydroxylation sites is 1. The Bertz CT molecular complexity index is 493. The van der Waals surface area contributed by atoms with Gasteiger partial charge in [-0.1, -0.05) is 12.1 Å². The van der Waals surface area contributed by atoms with Crippen molar-refractivity contribution in [2.45, 2.75) is 19.9 Å². The molecule has 1 aromatic carbocycles. The molecule has 2 rings (SSSR count). The average Bonchev–Trinajstić information content (AvgIpc) is 2.53. The Labute approximate surface area is 92.9 Å². The second-order valence-electron chi connectivity index (χ2n) is 3.78. The summed E-state index contributed by atoms with van der Waals surface area (Å²) in [5.74, 6) is -0.895. The molecule has 0 bridgehead atoms. The zero-order valence-corrected chi connectivity index (χ0v) is 9.06. The van der Waals surface area contributed by atoms with Gasteiger partial charge in [0.15, 0.2) is 17.6 Å². The molecule has 0 aromatic heterocycles. The zero-order chi connectivity index (χ0) is 11.9. The molecule has 1 aliphatic rings. The minimum atomic E-state index is -0.977. The van der Waals surface area contributed by atoms with Gasteiger partial charge in [-0.15, -0.1) is 0 Å². The van der Waals surface area contributed by atoms with Crippen LogP contribution in [-0.2, 0) is 9.59 Å². The number of anilines is 1. The number of amides is 1. The van der Waals surface area contributed by atoms with E-state index in [9.17, 15) is 14.4 Å². The quantitative estimate of drug-likeness (QED) is 0.664. The lowest BCUT2D eigenvalue weighted by Crippen LogP contribution is -2.43. The van der Waals surface area contributed by atoms with E-state index in [-0.39, 0.29) is 17.5 Å². The van der Waals surface area contributed by atoms with E-state index >= 15 is 0 Å². The van der Waals surface area contributed by atoms with Crippen molar-refractivity contribution >= 4 is 23.2 Å². The summed E-state index contributed by atoms with van der Waals surface area (Å²) in [5, 5.41) is 0. The first-order valence-corrected chi connectivity index (χ1v) is 4.97. The van der Waals surface area contributed by atoms with Gasteiger partial charge in [-0.3, -0.25) is 19.3 Å². The molecule has 16 heavy (non-hydrogen) atoms. The average molecular weight is 217 g/mol. The van der Waals surface area contributed by atoms with Crippen LogP contribution in [0.2, 0.25) is 0 Å². The number of carbonyl (C=O) groups excluding carboxylic acids is 3. The molecule has 1 aliphatic heterocycles. The van der Waals surface area contributed by atoms with E-state index in [1.165, 1.54) is 18.7 Å². The third-order valence-electron chi connectivity index (χ3n) is 2.66. The monoisotopic (exact) mass is 217 g/mol. The summed E-state index contributed by atoms with van der Waals surface area (Å²) in [6.07, 6.45) is 0. The van der Waals surface area contributed by atoms with Crippen LogP contribution in [-0.4, -0.2) is 23.5 Å². The number of nitrogens with zero attached hydrogens (tertiary/aromatic N) is 1. The van der Waals surface area contributed by atoms with Crippen LogP contribution in [0, 0.1) is 0 Å². The van der Waals surface area contributed by atoms with E-state index in [0.717, 1.165) is 0 Å². The van der Waals surface area contributed by atoms with Crippen LogP contribution in [0.1, 0.15) is 24.2 Å². The van der Waals surface area contributed by atoms with Gasteiger partial charge in [-0.05, 0) is 19.1 Å².